The molecule has 1 aliphatic carbocycles. The summed E-state index contributed by atoms with van der Waals surface area (Å²) in [6, 6.07) is 10.1. The Morgan fingerprint density at radius 2 is 2.03 bits per heavy atom. The molecule has 9 heteroatoms. The van der Waals surface area contributed by atoms with Crippen LogP contribution in [0.2, 0.25) is 0 Å². The molecule has 2 amide bonds. The van der Waals surface area contributed by atoms with Gasteiger partial charge < -0.3 is 20.4 Å². The van der Waals surface area contributed by atoms with Crippen molar-refractivity contribution >= 4 is 28.4 Å². The number of fused-ring (bicyclic) bond motifs is 1. The van der Waals surface area contributed by atoms with E-state index in [2.05, 4.69) is 26.7 Å². The predicted octanol–water partition coefficient (Wildman–Crippen LogP) is 5.38. The summed E-state index contributed by atoms with van der Waals surface area (Å²) >= 11 is 0. The molecule has 2 heterocycles. The van der Waals surface area contributed by atoms with E-state index in [1.165, 1.54) is 7.11 Å². The van der Waals surface area contributed by atoms with Crippen LogP contribution in [-0.4, -0.2) is 29.0 Å². The Kier molecular flexibility index (Phi) is 5.46. The highest BCUT2D eigenvalue weighted by molar-refractivity contribution is 6.04. The van der Waals surface area contributed by atoms with Gasteiger partial charge in [0.2, 0.25) is 11.8 Å². The van der Waals surface area contributed by atoms with Crippen molar-refractivity contribution in [3.8, 4) is 11.9 Å². The Morgan fingerprint density at radius 1 is 1.26 bits per heavy atom. The van der Waals surface area contributed by atoms with Gasteiger partial charge in [0.15, 0.2) is 0 Å². The first-order chi connectivity index (χ1) is 14.9. The van der Waals surface area contributed by atoms with Gasteiger partial charge in [-0.2, -0.15) is 5.26 Å². The Labute approximate surface area is 177 Å². The van der Waals surface area contributed by atoms with Crippen molar-refractivity contribution in [2.24, 2.45) is 0 Å². The highest BCUT2D eigenvalue weighted by Gasteiger charge is 2.36. The van der Waals surface area contributed by atoms with E-state index in [4.69, 9.17) is 4.74 Å². The number of halogens is 2. The average Bonchev–Trinajstić information content (AvgIpc) is 3.15. The molecule has 1 fully saturated rings. The summed E-state index contributed by atoms with van der Waals surface area (Å²) in [6.45, 7) is 0. The van der Waals surface area contributed by atoms with E-state index in [0.717, 1.165) is 11.1 Å². The predicted molar refractivity (Wildman–Crippen MR) is 113 cm³/mol. The molecule has 0 radical (unpaired) electrons. The lowest BCUT2D eigenvalue weighted by Crippen LogP contribution is -2.24. The molecule has 31 heavy (non-hydrogen) atoms. The molecule has 0 bridgehead atoms. The summed E-state index contributed by atoms with van der Waals surface area (Å²) in [5.74, 6) is -2.28. The molecule has 0 aliphatic heterocycles. The number of alkyl halides is 2. The highest BCUT2D eigenvalue weighted by atomic mass is 19.3. The fourth-order valence-electron chi connectivity index (χ4n) is 3.91. The average molecular weight is 425 g/mol. The van der Waals surface area contributed by atoms with Gasteiger partial charge in [0.05, 0.1) is 29.9 Å². The SMILES string of the molecule is COc1ccc2[nH]cc(NC(=O)Nc3ccc(C4CCC(F)(F)CC4)c(C#N)c3)c2n1. The van der Waals surface area contributed by atoms with Crippen LogP contribution in [0.5, 0.6) is 5.88 Å². The molecule has 1 aromatic carbocycles. The van der Waals surface area contributed by atoms with E-state index in [0.29, 0.717) is 41.2 Å². The molecule has 0 unspecified atom stereocenters. The molecule has 0 atom stereocenters. The zero-order chi connectivity index (χ0) is 22.0. The second kappa shape index (κ2) is 8.22. The van der Waals surface area contributed by atoms with Gasteiger partial charge in [0.1, 0.15) is 5.52 Å². The number of nitrogens with one attached hydrogen (secondary N) is 3. The number of urea groups is 1. The van der Waals surface area contributed by atoms with Crippen molar-refractivity contribution in [3.63, 3.8) is 0 Å². The number of hydrogen-bond acceptors (Lipinski definition) is 4. The molecule has 1 aliphatic rings. The molecule has 3 aromatic rings. The topological polar surface area (TPSA) is 103 Å². The van der Waals surface area contributed by atoms with E-state index >= 15 is 0 Å². The van der Waals surface area contributed by atoms with Crippen molar-refractivity contribution < 1.29 is 18.3 Å². The molecule has 3 N–H and O–H groups in total. The first-order valence-electron chi connectivity index (χ1n) is 9.90. The van der Waals surface area contributed by atoms with Crippen molar-refractivity contribution in [3.05, 3.63) is 47.7 Å². The van der Waals surface area contributed by atoms with Crippen LogP contribution in [-0.2, 0) is 0 Å². The normalized spacial score (nSPS) is 15.9. The van der Waals surface area contributed by atoms with Gasteiger partial charge in [0.25, 0.3) is 0 Å². The summed E-state index contributed by atoms with van der Waals surface area (Å²) in [6.07, 6.45) is 1.96. The third-order valence-electron chi connectivity index (χ3n) is 5.54. The van der Waals surface area contributed by atoms with Crippen molar-refractivity contribution in [2.75, 3.05) is 17.7 Å². The number of ether oxygens (including phenoxy) is 1. The van der Waals surface area contributed by atoms with Gasteiger partial charge in [-0.15, -0.1) is 0 Å². The van der Waals surface area contributed by atoms with Gasteiger partial charge in [0, 0.05) is 30.8 Å². The number of methoxy groups -OCH3 is 1. The van der Waals surface area contributed by atoms with Crippen LogP contribution >= 0.6 is 0 Å². The number of carbonyl (C=O) groups is 1. The van der Waals surface area contributed by atoms with Gasteiger partial charge in [-0.1, -0.05) is 6.07 Å². The van der Waals surface area contributed by atoms with Crippen LogP contribution in [0.25, 0.3) is 11.0 Å². The van der Waals surface area contributed by atoms with Crippen molar-refractivity contribution in [2.45, 2.75) is 37.5 Å². The van der Waals surface area contributed by atoms with Crippen LogP contribution < -0.4 is 15.4 Å². The van der Waals surface area contributed by atoms with Gasteiger partial charge in [-0.25, -0.2) is 18.6 Å². The number of rotatable bonds is 4. The van der Waals surface area contributed by atoms with Crippen LogP contribution in [0, 0.1) is 11.3 Å². The summed E-state index contributed by atoms with van der Waals surface area (Å²) in [5, 5.41) is 15.0. The molecule has 160 valence electrons. The number of benzene rings is 1. The fraction of sp³-hybridized carbons (Fsp3) is 0.318. The third kappa shape index (κ3) is 4.43. The van der Waals surface area contributed by atoms with Gasteiger partial charge >= 0.3 is 6.03 Å². The number of nitriles is 1. The number of anilines is 2. The monoisotopic (exact) mass is 425 g/mol. The first-order valence-corrected chi connectivity index (χ1v) is 9.90. The van der Waals surface area contributed by atoms with E-state index in [1.807, 2.05) is 0 Å². The van der Waals surface area contributed by atoms with Crippen LogP contribution in [0.3, 0.4) is 0 Å². The van der Waals surface area contributed by atoms with Crippen molar-refractivity contribution in [1.82, 2.24) is 9.97 Å². The van der Waals surface area contributed by atoms with Crippen LogP contribution in [0.15, 0.2) is 36.5 Å². The number of nitrogens with zero attached hydrogens (tertiary/aromatic N) is 2. The molecule has 4 rings (SSSR count). The maximum absolute atomic E-state index is 13.4. The van der Waals surface area contributed by atoms with Crippen LogP contribution in [0.1, 0.15) is 42.7 Å². The molecular weight excluding hydrogens is 404 g/mol. The van der Waals surface area contributed by atoms with Crippen LogP contribution in [0.4, 0.5) is 25.0 Å². The van der Waals surface area contributed by atoms with E-state index < -0.39 is 12.0 Å². The number of aromatic nitrogens is 2. The minimum absolute atomic E-state index is 0.0792. The minimum atomic E-state index is -2.62. The summed E-state index contributed by atoms with van der Waals surface area (Å²) < 4.78 is 32.0. The zero-order valence-electron chi connectivity index (χ0n) is 16.8. The van der Waals surface area contributed by atoms with Crippen molar-refractivity contribution in [1.29, 1.82) is 5.26 Å². The Morgan fingerprint density at radius 3 is 2.74 bits per heavy atom. The summed E-state index contributed by atoms with van der Waals surface area (Å²) in [7, 11) is 1.51. The van der Waals surface area contributed by atoms with E-state index in [-0.39, 0.29) is 18.8 Å². The minimum Gasteiger partial charge on any atom is -0.481 e. The lowest BCUT2D eigenvalue weighted by molar-refractivity contribution is -0.0382. The molecule has 1 saturated carbocycles. The van der Waals surface area contributed by atoms with E-state index in [1.54, 1.807) is 36.5 Å². The molecule has 0 saturated heterocycles. The number of amides is 2. The first kappa shape index (κ1) is 20.6. The Hall–Kier alpha value is -3.67. The Balaban J connectivity index is 1.47. The quantitative estimate of drug-likeness (QED) is 0.522. The number of aromatic amines is 1. The number of hydrogen-bond donors (Lipinski definition) is 3. The molecule has 0 spiro atoms. The van der Waals surface area contributed by atoms with E-state index in [9.17, 15) is 18.8 Å². The smallest absolute Gasteiger partial charge is 0.323 e. The second-order valence-electron chi connectivity index (χ2n) is 7.58. The number of pyridine rings is 1. The van der Waals surface area contributed by atoms with Gasteiger partial charge in [-0.3, -0.25) is 0 Å². The second-order valence-corrected chi connectivity index (χ2v) is 7.58. The third-order valence-corrected chi connectivity index (χ3v) is 5.54. The lowest BCUT2D eigenvalue weighted by atomic mass is 9.80. The largest absolute Gasteiger partial charge is 0.481 e. The molecular formula is C22H21F2N5O2. The maximum Gasteiger partial charge on any atom is 0.323 e. The summed E-state index contributed by atoms with van der Waals surface area (Å²) in [4.78, 5) is 19.8. The zero-order valence-corrected chi connectivity index (χ0v) is 16.8. The Bertz CT molecular complexity index is 1160. The van der Waals surface area contributed by atoms with Gasteiger partial charge in [-0.05, 0) is 42.5 Å². The maximum atomic E-state index is 13.4. The standard InChI is InChI=1S/C22H21F2N5O2/c1-31-19-5-4-17-20(29-19)18(12-26-17)28-21(30)27-15-2-3-16(14(10-15)11-25)13-6-8-22(23,24)9-7-13/h2-5,10,12-13,26H,6-9H2,1H3,(H2,27,28,30). The lowest BCUT2D eigenvalue weighted by Gasteiger charge is -2.29. The number of carbonyl (C=O) groups excluding carboxylic acids is 1. The fourth-order valence-corrected chi connectivity index (χ4v) is 3.91. The number of H-pyrrole nitrogens is 1. The molecule has 7 nitrogen and oxygen atoms in total. The highest BCUT2D eigenvalue weighted by Crippen LogP contribution is 2.42. The molecule has 2 aromatic heterocycles. The summed E-state index contributed by atoms with van der Waals surface area (Å²) in [5.41, 5.74) is 3.33.